The molecule has 0 atom stereocenters. The van der Waals surface area contributed by atoms with Gasteiger partial charge in [0.25, 0.3) is 0 Å². The third kappa shape index (κ3) is 3.81. The predicted octanol–water partition coefficient (Wildman–Crippen LogP) is 9.73. The van der Waals surface area contributed by atoms with Gasteiger partial charge in [-0.25, -0.2) is 4.98 Å². The zero-order valence-corrected chi connectivity index (χ0v) is 21.9. The predicted molar refractivity (Wildman–Crippen MR) is 163 cm³/mol. The summed E-state index contributed by atoms with van der Waals surface area (Å²) in [6.45, 7) is 0. The molecule has 2 aromatic heterocycles. The molecule has 2 heterocycles. The van der Waals surface area contributed by atoms with E-state index in [0.717, 1.165) is 54.6 Å². The number of aromatic nitrogens is 3. The van der Waals surface area contributed by atoms with Crippen LogP contribution in [0.2, 0.25) is 5.28 Å². The van der Waals surface area contributed by atoms with Gasteiger partial charge in [0, 0.05) is 21.9 Å². The highest BCUT2D eigenvalue weighted by Gasteiger charge is 2.17. The Bertz CT molecular complexity index is 2240. The van der Waals surface area contributed by atoms with E-state index in [0.29, 0.717) is 11.6 Å². The van der Waals surface area contributed by atoms with Crippen LogP contribution in [0.25, 0.3) is 77.4 Å². The summed E-state index contributed by atoms with van der Waals surface area (Å²) < 4.78 is 6.25. The molecule has 6 aromatic carbocycles. The lowest BCUT2D eigenvalue weighted by Crippen LogP contribution is -1.97. The second-order valence-corrected chi connectivity index (χ2v) is 10.2. The Hall–Kier alpha value is -5.06. The van der Waals surface area contributed by atoms with E-state index >= 15 is 0 Å². The summed E-state index contributed by atoms with van der Waals surface area (Å²) >= 11 is 6.49. The summed E-state index contributed by atoms with van der Waals surface area (Å²) in [6.07, 6.45) is 0. The van der Waals surface area contributed by atoms with Gasteiger partial charge in [0.2, 0.25) is 5.28 Å². The number of furan rings is 1. The van der Waals surface area contributed by atoms with Crippen LogP contribution in [0.1, 0.15) is 0 Å². The van der Waals surface area contributed by atoms with Crippen LogP contribution < -0.4 is 0 Å². The highest BCUT2D eigenvalue weighted by Crippen LogP contribution is 2.38. The van der Waals surface area contributed by atoms with E-state index in [-0.39, 0.29) is 5.28 Å². The first-order valence-electron chi connectivity index (χ1n) is 13.1. The van der Waals surface area contributed by atoms with Crippen LogP contribution in [0.4, 0.5) is 0 Å². The molecule has 8 rings (SSSR count). The molecule has 0 saturated carbocycles. The van der Waals surface area contributed by atoms with Crippen molar-refractivity contribution in [3.63, 3.8) is 0 Å². The second kappa shape index (κ2) is 9.01. The van der Waals surface area contributed by atoms with Gasteiger partial charge in [-0.3, -0.25) is 0 Å². The molecule has 0 amide bonds. The van der Waals surface area contributed by atoms with Crippen molar-refractivity contribution >= 4 is 55.1 Å². The highest BCUT2D eigenvalue weighted by molar-refractivity contribution is 6.28. The quantitative estimate of drug-likeness (QED) is 0.227. The van der Waals surface area contributed by atoms with Crippen molar-refractivity contribution in [3.05, 3.63) is 127 Å². The second-order valence-electron chi connectivity index (χ2n) is 9.87. The van der Waals surface area contributed by atoms with Crippen molar-refractivity contribution in [1.82, 2.24) is 15.0 Å². The van der Waals surface area contributed by atoms with E-state index < -0.39 is 0 Å². The summed E-state index contributed by atoms with van der Waals surface area (Å²) in [5.41, 5.74) is 5.70. The number of nitrogens with zero attached hydrogens (tertiary/aromatic N) is 3. The van der Waals surface area contributed by atoms with Crippen LogP contribution in [0, 0.1) is 0 Å². The molecular weight excluding hydrogens is 514 g/mol. The third-order valence-corrected chi connectivity index (χ3v) is 7.59. The fourth-order valence-electron chi connectivity index (χ4n) is 5.49. The van der Waals surface area contributed by atoms with Gasteiger partial charge < -0.3 is 4.42 Å². The van der Waals surface area contributed by atoms with Gasteiger partial charge in [-0.15, -0.1) is 0 Å². The molecule has 0 unspecified atom stereocenters. The van der Waals surface area contributed by atoms with Gasteiger partial charge >= 0.3 is 0 Å². The molecule has 0 N–H and O–H groups in total. The molecule has 0 aliphatic heterocycles. The van der Waals surface area contributed by atoms with Crippen LogP contribution in [0.3, 0.4) is 0 Å². The van der Waals surface area contributed by atoms with Gasteiger partial charge in [-0.05, 0) is 74.6 Å². The molecule has 0 aliphatic rings. The maximum Gasteiger partial charge on any atom is 0.226 e. The normalized spacial score (nSPS) is 11.6. The standard InChI is InChI=1S/C35H20ClN3O/c36-35-38-33(27-16-15-25-17-24(13-14-26(25)18-27)21-7-2-1-3-8-21)37-34(39-35)28-11-6-12-30-32(28)29-19-22-9-4-5-10-23(22)20-31(29)40-30/h1-20H. The van der Waals surface area contributed by atoms with Crippen LogP contribution >= 0.6 is 11.6 Å². The Morgan fingerprint density at radius 2 is 1.15 bits per heavy atom. The number of rotatable bonds is 3. The number of hydrogen-bond donors (Lipinski definition) is 0. The molecule has 0 saturated heterocycles. The van der Waals surface area contributed by atoms with E-state index in [1.165, 1.54) is 11.1 Å². The molecule has 8 aromatic rings. The first-order valence-corrected chi connectivity index (χ1v) is 13.4. The first kappa shape index (κ1) is 22.9. The fraction of sp³-hybridized carbons (Fsp3) is 0. The first-order chi connectivity index (χ1) is 19.7. The van der Waals surface area contributed by atoms with Gasteiger partial charge in [-0.2, -0.15) is 9.97 Å². The van der Waals surface area contributed by atoms with Crippen molar-refractivity contribution in [1.29, 1.82) is 0 Å². The van der Waals surface area contributed by atoms with E-state index in [2.05, 4.69) is 88.8 Å². The number of halogens is 1. The Kier molecular flexibility index (Phi) is 5.15. The van der Waals surface area contributed by atoms with Gasteiger partial charge in [0.1, 0.15) is 11.2 Å². The lowest BCUT2D eigenvalue weighted by atomic mass is 10.00. The van der Waals surface area contributed by atoms with E-state index in [9.17, 15) is 0 Å². The molecule has 40 heavy (non-hydrogen) atoms. The number of hydrogen-bond acceptors (Lipinski definition) is 4. The molecule has 0 aliphatic carbocycles. The molecule has 188 valence electrons. The van der Waals surface area contributed by atoms with Gasteiger partial charge in [0.05, 0.1) is 0 Å². The molecule has 0 bridgehead atoms. The molecule has 0 radical (unpaired) electrons. The summed E-state index contributed by atoms with van der Waals surface area (Å²) in [6, 6.07) is 41.5. The molecule has 0 spiro atoms. The topological polar surface area (TPSA) is 51.8 Å². The van der Waals surface area contributed by atoms with Gasteiger partial charge in [-0.1, -0.05) is 91.0 Å². The zero-order valence-electron chi connectivity index (χ0n) is 21.2. The minimum absolute atomic E-state index is 0.148. The minimum Gasteiger partial charge on any atom is -0.456 e. The molecule has 5 heteroatoms. The Morgan fingerprint density at radius 1 is 0.475 bits per heavy atom. The molecular formula is C35H20ClN3O. The van der Waals surface area contributed by atoms with E-state index in [1.54, 1.807) is 0 Å². The van der Waals surface area contributed by atoms with Crippen LogP contribution in [-0.4, -0.2) is 15.0 Å². The smallest absolute Gasteiger partial charge is 0.226 e. The highest BCUT2D eigenvalue weighted by atomic mass is 35.5. The monoisotopic (exact) mass is 533 g/mol. The SMILES string of the molecule is Clc1nc(-c2ccc3cc(-c4ccccc4)ccc3c2)nc(-c2cccc3oc4cc5ccccc5cc4c23)n1. The van der Waals surface area contributed by atoms with Crippen molar-refractivity contribution in [3.8, 4) is 33.9 Å². The average molecular weight is 534 g/mol. The summed E-state index contributed by atoms with van der Waals surface area (Å²) in [7, 11) is 0. The van der Waals surface area contributed by atoms with E-state index in [4.69, 9.17) is 21.0 Å². The summed E-state index contributed by atoms with van der Waals surface area (Å²) in [5, 5.41) is 6.65. The maximum atomic E-state index is 6.49. The lowest BCUT2D eigenvalue weighted by Gasteiger charge is -2.08. The number of fused-ring (bicyclic) bond motifs is 5. The third-order valence-electron chi connectivity index (χ3n) is 7.42. The summed E-state index contributed by atoms with van der Waals surface area (Å²) in [5.74, 6) is 1.04. The van der Waals surface area contributed by atoms with Crippen molar-refractivity contribution in [2.75, 3.05) is 0 Å². The van der Waals surface area contributed by atoms with Crippen molar-refractivity contribution < 1.29 is 4.42 Å². The minimum atomic E-state index is 0.148. The summed E-state index contributed by atoms with van der Waals surface area (Å²) in [4.78, 5) is 13.9. The van der Waals surface area contributed by atoms with Crippen molar-refractivity contribution in [2.45, 2.75) is 0 Å². The van der Waals surface area contributed by atoms with E-state index in [1.807, 2.05) is 42.5 Å². The van der Waals surface area contributed by atoms with Crippen LogP contribution in [-0.2, 0) is 0 Å². The Labute approximate surface area is 234 Å². The van der Waals surface area contributed by atoms with Gasteiger partial charge in [0.15, 0.2) is 11.6 Å². The number of benzene rings is 6. The Balaban J connectivity index is 1.26. The zero-order chi connectivity index (χ0) is 26.6. The Morgan fingerprint density at radius 3 is 1.98 bits per heavy atom. The average Bonchev–Trinajstić information content (AvgIpc) is 3.37. The van der Waals surface area contributed by atoms with Crippen LogP contribution in [0.15, 0.2) is 126 Å². The molecule has 4 nitrogen and oxygen atoms in total. The van der Waals surface area contributed by atoms with Crippen LogP contribution in [0.5, 0.6) is 0 Å². The largest absolute Gasteiger partial charge is 0.456 e. The molecule has 0 fully saturated rings. The fourth-order valence-corrected chi connectivity index (χ4v) is 5.65. The van der Waals surface area contributed by atoms with Crippen molar-refractivity contribution in [2.24, 2.45) is 0 Å². The lowest BCUT2D eigenvalue weighted by molar-refractivity contribution is 0.669. The maximum absolute atomic E-state index is 6.49.